The second-order valence-corrected chi connectivity index (χ2v) is 7.09. The molecule has 3 unspecified atom stereocenters. The Morgan fingerprint density at radius 2 is 1.86 bits per heavy atom. The lowest BCUT2D eigenvalue weighted by molar-refractivity contribution is 0.0304. The molecule has 6 nitrogen and oxygen atoms in total. The van der Waals surface area contributed by atoms with Crippen LogP contribution in [0.5, 0.6) is 0 Å². The predicted octanol–water partition coefficient (Wildman–Crippen LogP) is 0.863. The topological polar surface area (TPSA) is 70.8 Å². The average molecular weight is 300 g/mol. The highest BCUT2D eigenvalue weighted by Crippen LogP contribution is 2.15. The first kappa shape index (κ1) is 18.2. The van der Waals surface area contributed by atoms with E-state index >= 15 is 0 Å². The molecule has 124 valence electrons. The van der Waals surface area contributed by atoms with Crippen LogP contribution < -0.4 is 11.1 Å². The van der Waals surface area contributed by atoms with Crippen LogP contribution >= 0.6 is 0 Å². The highest BCUT2D eigenvalue weighted by atomic mass is 16.6. The van der Waals surface area contributed by atoms with E-state index in [-0.39, 0.29) is 12.1 Å². The molecule has 0 aliphatic carbocycles. The molecule has 1 aliphatic rings. The first-order chi connectivity index (χ1) is 9.64. The van der Waals surface area contributed by atoms with Gasteiger partial charge in [0.25, 0.3) is 0 Å². The van der Waals surface area contributed by atoms with E-state index in [1.807, 2.05) is 20.8 Å². The summed E-state index contributed by atoms with van der Waals surface area (Å²) in [5.74, 6) is 0. The van der Waals surface area contributed by atoms with E-state index in [1.165, 1.54) is 0 Å². The van der Waals surface area contributed by atoms with Crippen molar-refractivity contribution in [2.45, 2.75) is 58.3 Å². The van der Waals surface area contributed by atoms with Gasteiger partial charge in [0, 0.05) is 44.3 Å². The molecule has 1 rings (SSSR count). The maximum absolute atomic E-state index is 11.7. The molecule has 21 heavy (non-hydrogen) atoms. The van der Waals surface area contributed by atoms with Crippen LogP contribution in [-0.2, 0) is 4.74 Å². The maximum atomic E-state index is 11.7. The van der Waals surface area contributed by atoms with Gasteiger partial charge in [0.1, 0.15) is 5.60 Å². The molecule has 0 aromatic carbocycles. The number of amides is 1. The van der Waals surface area contributed by atoms with Crippen LogP contribution in [0.3, 0.4) is 0 Å². The van der Waals surface area contributed by atoms with Crippen LogP contribution in [0, 0.1) is 0 Å². The number of ether oxygens (including phenoxy) is 1. The molecule has 0 radical (unpaired) electrons. The second kappa shape index (κ2) is 7.42. The van der Waals surface area contributed by atoms with Gasteiger partial charge in [0.05, 0.1) is 0 Å². The number of rotatable bonds is 4. The lowest BCUT2D eigenvalue weighted by Crippen LogP contribution is -2.60. The Labute approximate surface area is 129 Å². The average Bonchev–Trinajstić information content (AvgIpc) is 2.34. The van der Waals surface area contributed by atoms with Gasteiger partial charge in [-0.1, -0.05) is 0 Å². The summed E-state index contributed by atoms with van der Waals surface area (Å²) < 4.78 is 5.26. The molecule has 3 atom stereocenters. The molecule has 1 amide bonds. The summed E-state index contributed by atoms with van der Waals surface area (Å²) >= 11 is 0. The number of hydrogen-bond acceptors (Lipinski definition) is 5. The zero-order valence-electron chi connectivity index (χ0n) is 14.3. The van der Waals surface area contributed by atoms with E-state index in [1.54, 1.807) is 0 Å². The number of likely N-dealkylation sites (N-methyl/N-ethyl adjacent to an activating group) is 1. The molecule has 0 aromatic heterocycles. The number of alkyl carbamates (subject to hydrolysis) is 1. The lowest BCUT2D eigenvalue weighted by Gasteiger charge is -2.45. The van der Waals surface area contributed by atoms with Crippen molar-refractivity contribution in [3.8, 4) is 0 Å². The van der Waals surface area contributed by atoms with Gasteiger partial charge >= 0.3 is 6.09 Å². The third-order valence-corrected chi connectivity index (χ3v) is 4.06. The van der Waals surface area contributed by atoms with Crippen LogP contribution in [-0.4, -0.2) is 72.8 Å². The van der Waals surface area contributed by atoms with E-state index < -0.39 is 5.60 Å². The monoisotopic (exact) mass is 300 g/mol. The molecule has 0 bridgehead atoms. The fraction of sp³-hybridized carbons (Fsp3) is 0.933. The molecule has 1 heterocycles. The minimum atomic E-state index is -0.473. The van der Waals surface area contributed by atoms with Crippen molar-refractivity contribution < 1.29 is 9.53 Å². The van der Waals surface area contributed by atoms with Crippen molar-refractivity contribution in [1.29, 1.82) is 0 Å². The van der Waals surface area contributed by atoms with Crippen molar-refractivity contribution in [2.24, 2.45) is 5.73 Å². The number of nitrogens with one attached hydrogen (secondary N) is 1. The van der Waals surface area contributed by atoms with Crippen molar-refractivity contribution in [1.82, 2.24) is 15.1 Å². The number of carbonyl (C=O) groups is 1. The Morgan fingerprint density at radius 3 is 2.29 bits per heavy atom. The summed E-state index contributed by atoms with van der Waals surface area (Å²) in [7, 11) is 2.16. The highest BCUT2D eigenvalue weighted by molar-refractivity contribution is 5.67. The summed E-state index contributed by atoms with van der Waals surface area (Å²) in [6, 6.07) is 1.13. The summed E-state index contributed by atoms with van der Waals surface area (Å²) in [6.07, 6.45) is -0.379. The zero-order valence-corrected chi connectivity index (χ0v) is 14.3. The molecule has 3 N–H and O–H groups in total. The van der Waals surface area contributed by atoms with Gasteiger partial charge in [0.15, 0.2) is 0 Å². The van der Waals surface area contributed by atoms with Crippen LogP contribution in [0.15, 0.2) is 0 Å². The maximum Gasteiger partial charge on any atom is 0.407 e. The van der Waals surface area contributed by atoms with Crippen molar-refractivity contribution in [3.63, 3.8) is 0 Å². The number of piperazine rings is 1. The Hall–Kier alpha value is -0.850. The summed E-state index contributed by atoms with van der Waals surface area (Å²) in [5.41, 5.74) is 5.42. The second-order valence-electron chi connectivity index (χ2n) is 7.09. The zero-order chi connectivity index (χ0) is 16.2. The first-order valence-corrected chi connectivity index (χ1v) is 7.77. The summed E-state index contributed by atoms with van der Waals surface area (Å²) in [6.45, 7) is 13.0. The van der Waals surface area contributed by atoms with Gasteiger partial charge in [0.2, 0.25) is 0 Å². The smallest absolute Gasteiger partial charge is 0.407 e. The quantitative estimate of drug-likeness (QED) is 0.806. The van der Waals surface area contributed by atoms with Gasteiger partial charge in [-0.05, 0) is 41.7 Å². The molecule has 0 aromatic rings. The van der Waals surface area contributed by atoms with Crippen molar-refractivity contribution >= 4 is 6.09 Å². The normalized spacial score (nSPS) is 26.4. The van der Waals surface area contributed by atoms with Gasteiger partial charge in [-0.2, -0.15) is 0 Å². The van der Waals surface area contributed by atoms with E-state index in [4.69, 9.17) is 10.5 Å². The molecule has 1 fully saturated rings. The first-order valence-electron chi connectivity index (χ1n) is 7.77. The van der Waals surface area contributed by atoms with Gasteiger partial charge in [-0.25, -0.2) is 4.79 Å². The van der Waals surface area contributed by atoms with Crippen LogP contribution in [0.4, 0.5) is 4.79 Å². The number of hydrogen-bond donors (Lipinski definition) is 2. The number of nitrogens with two attached hydrogens (primary N) is 1. The van der Waals surface area contributed by atoms with Crippen molar-refractivity contribution in [2.75, 3.05) is 33.2 Å². The standard InChI is InChI=1S/C15H32N4O2/c1-11-9-19(10-12(2)18(11)6)13(7-16)8-17-14(20)21-15(3,4)5/h11-13H,7-10,16H2,1-6H3,(H,17,20). The minimum absolute atomic E-state index is 0.149. The van der Waals surface area contributed by atoms with Crippen molar-refractivity contribution in [3.05, 3.63) is 0 Å². The largest absolute Gasteiger partial charge is 0.444 e. The molecule has 0 saturated carbocycles. The fourth-order valence-corrected chi connectivity index (χ4v) is 2.62. The SMILES string of the molecule is CC1CN(C(CN)CNC(=O)OC(C)(C)C)CC(C)N1C. The third-order valence-electron chi connectivity index (χ3n) is 4.06. The molecule has 1 saturated heterocycles. The van der Waals surface area contributed by atoms with Crippen LogP contribution in [0.1, 0.15) is 34.6 Å². The highest BCUT2D eigenvalue weighted by Gasteiger charge is 2.30. The molecule has 6 heteroatoms. The molecular weight excluding hydrogens is 268 g/mol. The fourth-order valence-electron chi connectivity index (χ4n) is 2.62. The van der Waals surface area contributed by atoms with E-state index in [0.29, 0.717) is 25.2 Å². The Kier molecular flexibility index (Phi) is 6.43. The van der Waals surface area contributed by atoms with E-state index in [0.717, 1.165) is 13.1 Å². The Balaban J connectivity index is 2.50. The van der Waals surface area contributed by atoms with Crippen LogP contribution in [0.2, 0.25) is 0 Å². The number of carbonyl (C=O) groups excluding carboxylic acids is 1. The van der Waals surface area contributed by atoms with Gasteiger partial charge < -0.3 is 15.8 Å². The van der Waals surface area contributed by atoms with Gasteiger partial charge in [-0.3, -0.25) is 9.80 Å². The Bertz CT molecular complexity index is 331. The number of nitrogens with zero attached hydrogens (tertiary/aromatic N) is 2. The molecule has 1 aliphatic heterocycles. The van der Waals surface area contributed by atoms with Crippen LogP contribution in [0.25, 0.3) is 0 Å². The molecular formula is C15H32N4O2. The minimum Gasteiger partial charge on any atom is -0.444 e. The van der Waals surface area contributed by atoms with E-state index in [9.17, 15) is 4.79 Å². The van der Waals surface area contributed by atoms with Gasteiger partial charge in [-0.15, -0.1) is 0 Å². The predicted molar refractivity (Wildman–Crippen MR) is 85.3 cm³/mol. The van der Waals surface area contributed by atoms with E-state index in [2.05, 4.69) is 36.0 Å². The Morgan fingerprint density at radius 1 is 1.33 bits per heavy atom. The lowest BCUT2D eigenvalue weighted by atomic mass is 10.1. The summed E-state index contributed by atoms with van der Waals surface area (Å²) in [4.78, 5) is 16.5. The summed E-state index contributed by atoms with van der Waals surface area (Å²) in [5, 5.41) is 2.83. The third kappa shape index (κ3) is 5.80. The molecule has 0 spiro atoms.